The normalized spacial score (nSPS) is 13.5. The molecule has 5 rings (SSSR count). The average Bonchev–Trinajstić information content (AvgIpc) is 3.42. The van der Waals surface area contributed by atoms with E-state index in [4.69, 9.17) is 9.40 Å². The summed E-state index contributed by atoms with van der Waals surface area (Å²) < 4.78 is 7.00. The summed E-state index contributed by atoms with van der Waals surface area (Å²) >= 11 is 6.35. The van der Waals surface area contributed by atoms with E-state index in [1.54, 1.807) is 30.4 Å². The number of rotatable bonds is 3. The molecule has 0 bridgehead atoms. The summed E-state index contributed by atoms with van der Waals surface area (Å²) in [4.78, 5) is 32.4. The topological polar surface area (TPSA) is 75.4 Å². The number of anilines is 1. The molecular formula is C21H16BrN3O3S2. The third-order valence-electron chi connectivity index (χ3n) is 5.03. The predicted molar refractivity (Wildman–Crippen MR) is 122 cm³/mol. The SMILES string of the molecule is CC(=O)N1CCc2c(sc(NC(=O)c3ccc(Br)o3)c2-c2nc3ccccc3s2)C1. The number of para-hydroxylation sites is 1. The van der Waals surface area contributed by atoms with Gasteiger partial charge in [0.25, 0.3) is 5.91 Å². The van der Waals surface area contributed by atoms with E-state index in [1.807, 2.05) is 29.2 Å². The molecule has 1 aliphatic heterocycles. The summed E-state index contributed by atoms with van der Waals surface area (Å²) in [6, 6.07) is 11.3. The van der Waals surface area contributed by atoms with Crippen LogP contribution in [0.3, 0.4) is 0 Å². The first kappa shape index (κ1) is 19.5. The number of nitrogens with one attached hydrogen (secondary N) is 1. The van der Waals surface area contributed by atoms with Gasteiger partial charge in [-0.05, 0) is 52.2 Å². The van der Waals surface area contributed by atoms with Crippen LogP contribution in [-0.4, -0.2) is 28.2 Å². The zero-order valence-corrected chi connectivity index (χ0v) is 19.1. The van der Waals surface area contributed by atoms with Crippen molar-refractivity contribution < 1.29 is 14.0 Å². The molecule has 4 heterocycles. The molecule has 0 unspecified atom stereocenters. The van der Waals surface area contributed by atoms with E-state index in [0.717, 1.165) is 42.7 Å². The molecule has 0 radical (unpaired) electrons. The lowest BCUT2D eigenvalue weighted by molar-refractivity contribution is -0.129. The minimum Gasteiger partial charge on any atom is -0.444 e. The van der Waals surface area contributed by atoms with E-state index in [1.165, 1.54) is 11.3 Å². The van der Waals surface area contributed by atoms with Gasteiger partial charge in [0.15, 0.2) is 10.4 Å². The van der Waals surface area contributed by atoms with Gasteiger partial charge in [-0.1, -0.05) is 12.1 Å². The zero-order valence-electron chi connectivity index (χ0n) is 15.9. The van der Waals surface area contributed by atoms with Crippen LogP contribution in [0.1, 0.15) is 27.9 Å². The first-order valence-corrected chi connectivity index (χ1v) is 11.7. The summed E-state index contributed by atoms with van der Waals surface area (Å²) in [5, 5.41) is 4.63. The number of thiazole rings is 1. The Morgan fingerprint density at radius 1 is 1.20 bits per heavy atom. The fraction of sp³-hybridized carbons (Fsp3) is 0.190. The van der Waals surface area contributed by atoms with Crippen LogP contribution in [0.15, 0.2) is 45.5 Å². The highest BCUT2D eigenvalue weighted by molar-refractivity contribution is 9.10. The molecule has 0 spiro atoms. The predicted octanol–water partition coefficient (Wildman–Crippen LogP) is 5.54. The first-order valence-electron chi connectivity index (χ1n) is 9.32. The molecule has 6 nitrogen and oxygen atoms in total. The number of amides is 2. The largest absolute Gasteiger partial charge is 0.444 e. The minimum atomic E-state index is -0.315. The number of halogens is 1. The van der Waals surface area contributed by atoms with Crippen molar-refractivity contribution in [3.63, 3.8) is 0 Å². The maximum absolute atomic E-state index is 12.8. The first-order chi connectivity index (χ1) is 14.5. The molecule has 0 saturated carbocycles. The number of thiophene rings is 1. The third kappa shape index (κ3) is 3.46. The molecule has 152 valence electrons. The van der Waals surface area contributed by atoms with Gasteiger partial charge in [0.2, 0.25) is 5.91 Å². The summed E-state index contributed by atoms with van der Waals surface area (Å²) in [5.41, 5.74) is 3.05. The standard InChI is InChI=1S/C21H16BrN3O3S2/c1-11(26)25-9-8-12-16(10-25)30-21(24-19(27)14-6-7-17(22)28-14)18(12)20-23-13-4-2-3-5-15(13)29-20/h2-7H,8-10H2,1H3,(H,24,27). The molecule has 0 aliphatic carbocycles. The summed E-state index contributed by atoms with van der Waals surface area (Å²) in [5.74, 6) is -0.0273. The van der Waals surface area contributed by atoms with E-state index in [9.17, 15) is 9.59 Å². The Labute approximate surface area is 188 Å². The Morgan fingerprint density at radius 2 is 2.03 bits per heavy atom. The highest BCUT2D eigenvalue weighted by Gasteiger charge is 2.29. The Hall–Kier alpha value is -2.49. The molecule has 1 N–H and O–H groups in total. The van der Waals surface area contributed by atoms with Crippen LogP contribution < -0.4 is 5.32 Å². The van der Waals surface area contributed by atoms with Crippen molar-refractivity contribution in [1.82, 2.24) is 9.88 Å². The molecule has 0 fully saturated rings. The quantitative estimate of drug-likeness (QED) is 0.399. The van der Waals surface area contributed by atoms with Gasteiger partial charge in [-0.25, -0.2) is 4.98 Å². The van der Waals surface area contributed by atoms with E-state index < -0.39 is 0 Å². The fourth-order valence-corrected chi connectivity index (χ4v) is 6.24. The van der Waals surface area contributed by atoms with Crippen molar-refractivity contribution >= 4 is 65.6 Å². The number of nitrogens with zero attached hydrogens (tertiary/aromatic N) is 2. The molecular weight excluding hydrogens is 486 g/mol. The van der Waals surface area contributed by atoms with Crippen molar-refractivity contribution in [3.8, 4) is 10.6 Å². The van der Waals surface area contributed by atoms with Gasteiger partial charge >= 0.3 is 0 Å². The van der Waals surface area contributed by atoms with Gasteiger partial charge in [-0.3, -0.25) is 9.59 Å². The number of carbonyl (C=O) groups is 2. The average molecular weight is 502 g/mol. The van der Waals surface area contributed by atoms with Crippen molar-refractivity contribution in [2.45, 2.75) is 19.9 Å². The lowest BCUT2D eigenvalue weighted by atomic mass is 10.0. The molecule has 0 atom stereocenters. The van der Waals surface area contributed by atoms with Crippen LogP contribution in [0, 0.1) is 0 Å². The lowest BCUT2D eigenvalue weighted by Gasteiger charge is -2.25. The maximum atomic E-state index is 12.8. The number of furan rings is 1. The van der Waals surface area contributed by atoms with Crippen molar-refractivity contribution in [2.75, 3.05) is 11.9 Å². The van der Waals surface area contributed by atoms with Crippen molar-refractivity contribution in [2.24, 2.45) is 0 Å². The lowest BCUT2D eigenvalue weighted by Crippen LogP contribution is -2.33. The smallest absolute Gasteiger partial charge is 0.292 e. The Bertz CT molecular complexity index is 1260. The number of carbonyl (C=O) groups excluding carboxylic acids is 2. The van der Waals surface area contributed by atoms with Gasteiger partial charge < -0.3 is 14.6 Å². The zero-order chi connectivity index (χ0) is 20.8. The van der Waals surface area contributed by atoms with Crippen LogP contribution in [-0.2, 0) is 17.8 Å². The minimum absolute atomic E-state index is 0.0570. The van der Waals surface area contributed by atoms with E-state index in [0.29, 0.717) is 17.8 Å². The van der Waals surface area contributed by atoms with Crippen LogP contribution in [0.4, 0.5) is 5.00 Å². The van der Waals surface area contributed by atoms with Crippen LogP contribution in [0.5, 0.6) is 0 Å². The van der Waals surface area contributed by atoms with Crippen LogP contribution in [0.25, 0.3) is 20.8 Å². The monoisotopic (exact) mass is 501 g/mol. The second-order valence-electron chi connectivity index (χ2n) is 6.94. The van der Waals surface area contributed by atoms with Gasteiger partial charge in [0.1, 0.15) is 10.0 Å². The molecule has 30 heavy (non-hydrogen) atoms. The molecule has 1 aliphatic rings. The molecule has 2 amide bonds. The summed E-state index contributed by atoms with van der Waals surface area (Å²) in [6.45, 7) is 2.80. The Balaban J connectivity index is 1.60. The summed E-state index contributed by atoms with van der Waals surface area (Å²) in [7, 11) is 0. The second kappa shape index (κ2) is 7.64. The highest BCUT2D eigenvalue weighted by Crippen LogP contribution is 2.45. The van der Waals surface area contributed by atoms with E-state index in [2.05, 4.69) is 21.2 Å². The molecule has 1 aromatic carbocycles. The van der Waals surface area contributed by atoms with Gasteiger partial charge in [0.05, 0.1) is 16.8 Å². The Kier molecular flexibility index (Phi) is 4.96. The maximum Gasteiger partial charge on any atom is 0.292 e. The van der Waals surface area contributed by atoms with Crippen LogP contribution in [0.2, 0.25) is 0 Å². The molecule has 3 aromatic heterocycles. The van der Waals surface area contributed by atoms with E-state index in [-0.39, 0.29) is 17.6 Å². The van der Waals surface area contributed by atoms with Gasteiger partial charge in [0, 0.05) is 23.9 Å². The van der Waals surface area contributed by atoms with Crippen LogP contribution >= 0.6 is 38.6 Å². The molecule has 0 saturated heterocycles. The van der Waals surface area contributed by atoms with Crippen molar-refractivity contribution in [1.29, 1.82) is 0 Å². The fourth-order valence-electron chi connectivity index (χ4n) is 3.57. The number of aromatic nitrogens is 1. The van der Waals surface area contributed by atoms with Gasteiger partial charge in [-0.2, -0.15) is 0 Å². The number of hydrogen-bond donors (Lipinski definition) is 1. The molecule has 4 aromatic rings. The number of benzene rings is 1. The van der Waals surface area contributed by atoms with E-state index >= 15 is 0 Å². The highest BCUT2D eigenvalue weighted by atomic mass is 79.9. The molecule has 9 heteroatoms. The number of fused-ring (bicyclic) bond motifs is 2. The third-order valence-corrected chi connectivity index (χ3v) is 7.65. The Morgan fingerprint density at radius 3 is 2.77 bits per heavy atom. The number of hydrogen-bond acceptors (Lipinski definition) is 6. The van der Waals surface area contributed by atoms with Crippen molar-refractivity contribution in [3.05, 3.63) is 57.3 Å². The second-order valence-corrected chi connectivity index (χ2v) is 9.86. The van der Waals surface area contributed by atoms with Gasteiger partial charge in [-0.15, -0.1) is 22.7 Å². The summed E-state index contributed by atoms with van der Waals surface area (Å²) in [6.07, 6.45) is 0.735.